The molecule has 0 radical (unpaired) electrons. The number of thioether (sulfide) groups is 1. The molecule has 0 saturated carbocycles. The van der Waals surface area contributed by atoms with Crippen LogP contribution < -0.4 is 0 Å². The van der Waals surface area contributed by atoms with Crippen molar-refractivity contribution in [3.05, 3.63) is 29.8 Å². The summed E-state index contributed by atoms with van der Waals surface area (Å²) < 4.78 is 25.4. The summed E-state index contributed by atoms with van der Waals surface area (Å²) in [5.41, 5.74) is 0. The molecule has 0 aromatic heterocycles. The molecule has 0 bridgehead atoms. The van der Waals surface area contributed by atoms with E-state index in [1.54, 1.807) is 0 Å². The quantitative estimate of drug-likeness (QED) is 0.736. The van der Waals surface area contributed by atoms with Crippen LogP contribution in [0.1, 0.15) is 0 Å². The Morgan fingerprint density at radius 3 is 2.75 bits per heavy atom. The van der Waals surface area contributed by atoms with Crippen LogP contribution in [0.25, 0.3) is 0 Å². The van der Waals surface area contributed by atoms with Gasteiger partial charge in [-0.3, -0.25) is 0 Å². The van der Waals surface area contributed by atoms with Gasteiger partial charge in [-0.2, -0.15) is 0 Å². The van der Waals surface area contributed by atoms with Crippen molar-refractivity contribution in [1.29, 1.82) is 0 Å². The third-order valence-corrected chi connectivity index (χ3v) is 2.25. The van der Waals surface area contributed by atoms with Crippen LogP contribution in [0.2, 0.25) is 0 Å². The number of hydrogen-bond acceptors (Lipinski definition) is 2. The van der Waals surface area contributed by atoms with Crippen molar-refractivity contribution in [2.75, 3.05) is 12.4 Å². The largest absolute Gasteiger partial charge is 0.396 e. The molecule has 0 aliphatic rings. The fourth-order valence-electron chi connectivity index (χ4n) is 0.743. The first-order chi connectivity index (χ1) is 5.74. The minimum Gasteiger partial charge on any atom is -0.396 e. The number of benzene rings is 1. The summed E-state index contributed by atoms with van der Waals surface area (Å²) in [6, 6.07) is 3.27. The highest BCUT2D eigenvalue weighted by molar-refractivity contribution is 7.99. The summed E-state index contributed by atoms with van der Waals surface area (Å²) in [5, 5.41) is 8.45. The smallest absolute Gasteiger partial charge is 0.136 e. The molecule has 0 atom stereocenters. The Hall–Kier alpha value is -0.610. The Balaban J connectivity index is 2.75. The molecule has 1 aromatic rings. The zero-order chi connectivity index (χ0) is 8.97. The molecular weight excluding hydrogens is 182 g/mol. The van der Waals surface area contributed by atoms with Gasteiger partial charge in [0.2, 0.25) is 0 Å². The summed E-state index contributed by atoms with van der Waals surface area (Å²) in [4.78, 5) is 0.240. The molecule has 1 rings (SSSR count). The molecule has 0 fully saturated rings. The number of hydrogen-bond donors (Lipinski definition) is 1. The average Bonchev–Trinajstić information content (AvgIpc) is 2.07. The maximum Gasteiger partial charge on any atom is 0.136 e. The molecule has 12 heavy (non-hydrogen) atoms. The second-order valence-electron chi connectivity index (χ2n) is 2.15. The summed E-state index contributed by atoms with van der Waals surface area (Å²) in [6.07, 6.45) is 0. The Morgan fingerprint density at radius 1 is 1.33 bits per heavy atom. The van der Waals surface area contributed by atoms with Crippen molar-refractivity contribution >= 4 is 11.8 Å². The van der Waals surface area contributed by atoms with Crippen molar-refractivity contribution in [3.63, 3.8) is 0 Å². The van der Waals surface area contributed by atoms with Gasteiger partial charge in [0.15, 0.2) is 0 Å². The van der Waals surface area contributed by atoms with Gasteiger partial charge in [-0.05, 0) is 18.2 Å². The highest BCUT2D eigenvalue weighted by atomic mass is 32.2. The van der Waals surface area contributed by atoms with Crippen LogP contribution in [0.5, 0.6) is 0 Å². The lowest BCUT2D eigenvalue weighted by Crippen LogP contribution is -1.89. The Kier molecular flexibility index (Phi) is 3.49. The molecule has 0 saturated heterocycles. The van der Waals surface area contributed by atoms with E-state index in [2.05, 4.69) is 0 Å². The van der Waals surface area contributed by atoms with Gasteiger partial charge in [-0.25, -0.2) is 8.78 Å². The van der Waals surface area contributed by atoms with Gasteiger partial charge < -0.3 is 5.11 Å². The molecule has 1 nitrogen and oxygen atoms in total. The minimum atomic E-state index is -0.461. The van der Waals surface area contributed by atoms with Crippen molar-refractivity contribution in [1.82, 2.24) is 0 Å². The monoisotopic (exact) mass is 190 g/mol. The second kappa shape index (κ2) is 4.42. The normalized spacial score (nSPS) is 10.2. The third-order valence-electron chi connectivity index (χ3n) is 1.24. The lowest BCUT2D eigenvalue weighted by atomic mass is 10.3. The van der Waals surface area contributed by atoms with E-state index in [0.717, 1.165) is 30.0 Å². The van der Waals surface area contributed by atoms with E-state index in [4.69, 9.17) is 5.11 Å². The minimum absolute atomic E-state index is 0.0411. The molecule has 0 aliphatic carbocycles. The zero-order valence-electron chi connectivity index (χ0n) is 6.26. The first-order valence-corrected chi connectivity index (χ1v) is 4.41. The molecule has 0 aliphatic heterocycles. The van der Waals surface area contributed by atoms with Crippen LogP contribution in [0.15, 0.2) is 23.1 Å². The summed E-state index contributed by atoms with van der Waals surface area (Å²) in [5.74, 6) is -0.535. The first kappa shape index (κ1) is 9.48. The summed E-state index contributed by atoms with van der Waals surface area (Å²) >= 11 is 1.10. The molecule has 0 amide bonds. The van der Waals surface area contributed by atoms with Gasteiger partial charge in [0.25, 0.3) is 0 Å². The fraction of sp³-hybridized carbons (Fsp3) is 0.250. The standard InChI is InChI=1S/C8H8F2OS/c9-6-1-2-7(10)8(5-6)12-4-3-11/h1-2,5,11H,3-4H2. The van der Waals surface area contributed by atoms with Gasteiger partial charge in [0.05, 0.1) is 6.61 Å². The predicted octanol–water partition coefficient (Wildman–Crippen LogP) is 2.05. The van der Waals surface area contributed by atoms with Crippen LogP contribution in [0.3, 0.4) is 0 Å². The van der Waals surface area contributed by atoms with E-state index < -0.39 is 11.6 Å². The Bertz CT molecular complexity index is 265. The van der Waals surface area contributed by atoms with Crippen molar-refractivity contribution in [2.24, 2.45) is 0 Å². The number of aliphatic hydroxyl groups is 1. The number of halogens is 2. The van der Waals surface area contributed by atoms with Crippen LogP contribution in [0.4, 0.5) is 8.78 Å². The highest BCUT2D eigenvalue weighted by Crippen LogP contribution is 2.21. The van der Waals surface area contributed by atoms with E-state index in [1.165, 1.54) is 0 Å². The van der Waals surface area contributed by atoms with Crippen LogP contribution in [-0.2, 0) is 0 Å². The highest BCUT2D eigenvalue weighted by Gasteiger charge is 2.02. The fourth-order valence-corrected chi connectivity index (χ4v) is 1.46. The summed E-state index contributed by atoms with van der Waals surface area (Å²) in [7, 11) is 0. The molecule has 4 heteroatoms. The first-order valence-electron chi connectivity index (χ1n) is 3.43. The van der Waals surface area contributed by atoms with Gasteiger partial charge in [0.1, 0.15) is 11.6 Å². The predicted molar refractivity (Wildman–Crippen MR) is 44.2 cm³/mol. The zero-order valence-corrected chi connectivity index (χ0v) is 7.07. The van der Waals surface area contributed by atoms with Crippen molar-refractivity contribution in [2.45, 2.75) is 4.90 Å². The maximum absolute atomic E-state index is 12.8. The molecule has 0 unspecified atom stereocenters. The van der Waals surface area contributed by atoms with Gasteiger partial charge in [-0.15, -0.1) is 11.8 Å². The van der Waals surface area contributed by atoms with Crippen molar-refractivity contribution in [3.8, 4) is 0 Å². The van der Waals surface area contributed by atoms with E-state index in [-0.39, 0.29) is 11.5 Å². The molecule has 1 N–H and O–H groups in total. The number of aliphatic hydroxyl groups excluding tert-OH is 1. The topological polar surface area (TPSA) is 20.2 Å². The van der Waals surface area contributed by atoms with E-state index in [9.17, 15) is 8.78 Å². The van der Waals surface area contributed by atoms with Crippen LogP contribution in [0, 0.1) is 11.6 Å². The molecular formula is C8H8F2OS. The van der Waals surface area contributed by atoms with E-state index in [0.29, 0.717) is 5.75 Å². The second-order valence-corrected chi connectivity index (χ2v) is 3.28. The van der Waals surface area contributed by atoms with Crippen LogP contribution >= 0.6 is 11.8 Å². The Morgan fingerprint density at radius 2 is 2.08 bits per heavy atom. The van der Waals surface area contributed by atoms with E-state index >= 15 is 0 Å². The molecule has 66 valence electrons. The average molecular weight is 190 g/mol. The van der Waals surface area contributed by atoms with Crippen LogP contribution in [-0.4, -0.2) is 17.5 Å². The van der Waals surface area contributed by atoms with E-state index in [1.807, 2.05) is 0 Å². The summed E-state index contributed by atoms with van der Waals surface area (Å²) in [6.45, 7) is -0.0411. The van der Waals surface area contributed by atoms with Gasteiger partial charge >= 0.3 is 0 Å². The molecule has 1 aromatic carbocycles. The van der Waals surface area contributed by atoms with Gasteiger partial charge in [-0.1, -0.05) is 0 Å². The lowest BCUT2D eigenvalue weighted by molar-refractivity contribution is 0.322. The lowest BCUT2D eigenvalue weighted by Gasteiger charge is -2.00. The Labute approximate surface area is 73.4 Å². The number of rotatable bonds is 3. The molecule has 0 spiro atoms. The molecule has 0 heterocycles. The van der Waals surface area contributed by atoms with Crippen molar-refractivity contribution < 1.29 is 13.9 Å². The third kappa shape index (κ3) is 2.46. The maximum atomic E-state index is 12.8. The van der Waals surface area contributed by atoms with Gasteiger partial charge in [0, 0.05) is 10.6 Å². The SMILES string of the molecule is OCCSc1cc(F)ccc1F.